The van der Waals surface area contributed by atoms with E-state index in [0.29, 0.717) is 32.5 Å². The van der Waals surface area contributed by atoms with Crippen molar-refractivity contribution in [3.63, 3.8) is 0 Å². The fourth-order valence-electron chi connectivity index (χ4n) is 4.15. The molecule has 2 heterocycles. The summed E-state index contributed by atoms with van der Waals surface area (Å²) in [7, 11) is 3.90. The third kappa shape index (κ3) is 5.14. The first kappa shape index (κ1) is 21.3. The molecule has 1 aromatic heterocycles. The van der Waals surface area contributed by atoms with Gasteiger partial charge in [-0.2, -0.15) is 0 Å². The number of anilines is 1. The number of aromatic nitrogens is 1. The lowest BCUT2D eigenvalue weighted by Crippen LogP contribution is -2.55. The maximum Gasteiger partial charge on any atom is 0.313 e. The van der Waals surface area contributed by atoms with Crippen molar-refractivity contribution in [2.75, 3.05) is 32.1 Å². The highest BCUT2D eigenvalue weighted by Crippen LogP contribution is 2.36. The number of rotatable bonds is 8. The Hall–Kier alpha value is -2.44. The van der Waals surface area contributed by atoms with Gasteiger partial charge in [-0.1, -0.05) is 36.4 Å². The van der Waals surface area contributed by atoms with Crippen molar-refractivity contribution in [1.82, 2.24) is 9.88 Å². The number of nitrogens with zero attached hydrogens (tertiary/aromatic N) is 3. The van der Waals surface area contributed by atoms with Gasteiger partial charge in [-0.15, -0.1) is 0 Å². The maximum absolute atomic E-state index is 12.2. The summed E-state index contributed by atoms with van der Waals surface area (Å²) in [6.45, 7) is 1.68. The summed E-state index contributed by atoms with van der Waals surface area (Å²) in [6.07, 6.45) is 3.52. The number of aliphatic carboxylic acids is 1. The summed E-state index contributed by atoms with van der Waals surface area (Å²) >= 11 is 0. The van der Waals surface area contributed by atoms with E-state index in [-0.39, 0.29) is 0 Å². The first-order valence-electron chi connectivity index (χ1n) is 10.2. The minimum atomic E-state index is -1.12. The van der Waals surface area contributed by atoms with Crippen LogP contribution in [0.2, 0.25) is 0 Å². The van der Waals surface area contributed by atoms with Gasteiger partial charge in [-0.3, -0.25) is 9.69 Å². The molecule has 2 atom stereocenters. The molecule has 0 bridgehead atoms. The molecule has 1 aliphatic heterocycles. The topological polar surface area (TPSA) is 76.9 Å². The van der Waals surface area contributed by atoms with Gasteiger partial charge in [0.25, 0.3) is 0 Å². The molecule has 6 nitrogen and oxygen atoms in total. The van der Waals surface area contributed by atoms with E-state index in [0.717, 1.165) is 24.2 Å². The van der Waals surface area contributed by atoms with Gasteiger partial charge in [0.1, 0.15) is 11.2 Å². The van der Waals surface area contributed by atoms with E-state index < -0.39 is 17.5 Å². The molecule has 1 fully saturated rings. The van der Waals surface area contributed by atoms with Gasteiger partial charge in [-0.25, -0.2) is 4.98 Å². The molecule has 156 valence electrons. The predicted octanol–water partition coefficient (Wildman–Crippen LogP) is 2.81. The molecule has 0 saturated carbocycles. The Morgan fingerprint density at radius 3 is 2.59 bits per heavy atom. The number of carbonyl (C=O) groups is 1. The van der Waals surface area contributed by atoms with Gasteiger partial charge in [0.2, 0.25) is 0 Å². The molecule has 2 aromatic rings. The minimum absolute atomic E-state index is 0.355. The Kier molecular flexibility index (Phi) is 6.87. The number of benzene rings is 1. The number of hydrogen-bond acceptors (Lipinski definition) is 5. The predicted molar refractivity (Wildman–Crippen MR) is 114 cm³/mol. The number of carboxylic acids is 1. The van der Waals surface area contributed by atoms with Crippen molar-refractivity contribution in [2.45, 2.75) is 38.3 Å². The fraction of sp³-hybridized carbons (Fsp3) is 0.478. The molecule has 0 amide bonds. The van der Waals surface area contributed by atoms with Crippen LogP contribution in [-0.4, -0.2) is 59.4 Å². The molecule has 0 spiro atoms. The standard InChI is InChI=1S/C23H31N3O3/c1-25(2)21-11-10-19(15-24-21)16-26-14-12-20(27)23(17-26,22(28)29)13-6-9-18-7-4-3-5-8-18/h3-5,7-8,10-11,15,20,27H,6,9,12-14,16-17H2,1-2H3,(H,28,29)/t20-,23-/m1/s1. The van der Waals surface area contributed by atoms with Crippen molar-refractivity contribution >= 4 is 11.8 Å². The number of aliphatic hydroxyl groups is 1. The van der Waals surface area contributed by atoms with E-state index in [2.05, 4.69) is 22.0 Å². The second kappa shape index (κ2) is 9.37. The second-order valence-corrected chi connectivity index (χ2v) is 8.23. The highest BCUT2D eigenvalue weighted by atomic mass is 16.4. The first-order chi connectivity index (χ1) is 13.9. The van der Waals surface area contributed by atoms with E-state index in [9.17, 15) is 15.0 Å². The SMILES string of the molecule is CN(C)c1ccc(CN2CC[C@@H](O)[C@](CCCc3ccccc3)(C(=O)O)C2)cn1. The van der Waals surface area contributed by atoms with E-state index in [1.807, 2.05) is 55.5 Å². The first-order valence-corrected chi connectivity index (χ1v) is 10.2. The Bertz CT molecular complexity index is 795. The third-order valence-corrected chi connectivity index (χ3v) is 5.89. The zero-order chi connectivity index (χ0) is 20.9. The Morgan fingerprint density at radius 2 is 1.97 bits per heavy atom. The molecule has 0 aliphatic carbocycles. The molecular formula is C23H31N3O3. The number of aliphatic hydroxyl groups excluding tert-OH is 1. The van der Waals surface area contributed by atoms with Crippen LogP contribution in [0, 0.1) is 5.41 Å². The second-order valence-electron chi connectivity index (χ2n) is 8.23. The number of hydrogen-bond donors (Lipinski definition) is 2. The highest BCUT2D eigenvalue weighted by Gasteiger charge is 2.48. The van der Waals surface area contributed by atoms with Crippen LogP contribution in [0.25, 0.3) is 0 Å². The van der Waals surface area contributed by atoms with Crippen molar-refractivity contribution in [3.05, 3.63) is 59.8 Å². The van der Waals surface area contributed by atoms with E-state index in [4.69, 9.17) is 0 Å². The van der Waals surface area contributed by atoms with Gasteiger partial charge in [0.15, 0.2) is 0 Å². The van der Waals surface area contributed by atoms with Gasteiger partial charge >= 0.3 is 5.97 Å². The molecule has 3 rings (SSSR count). The monoisotopic (exact) mass is 397 g/mol. The maximum atomic E-state index is 12.2. The lowest BCUT2D eigenvalue weighted by molar-refractivity contribution is -0.164. The smallest absolute Gasteiger partial charge is 0.313 e. The summed E-state index contributed by atoms with van der Waals surface area (Å²) in [4.78, 5) is 20.8. The Morgan fingerprint density at radius 1 is 1.21 bits per heavy atom. The van der Waals surface area contributed by atoms with Crippen LogP contribution in [0.5, 0.6) is 0 Å². The van der Waals surface area contributed by atoms with Crippen LogP contribution in [0.3, 0.4) is 0 Å². The van der Waals surface area contributed by atoms with Crippen molar-refractivity contribution in [1.29, 1.82) is 0 Å². The van der Waals surface area contributed by atoms with Crippen molar-refractivity contribution < 1.29 is 15.0 Å². The van der Waals surface area contributed by atoms with Crippen molar-refractivity contribution in [2.24, 2.45) is 5.41 Å². The lowest BCUT2D eigenvalue weighted by atomic mass is 9.73. The molecular weight excluding hydrogens is 366 g/mol. The third-order valence-electron chi connectivity index (χ3n) is 5.89. The molecule has 2 N–H and O–H groups in total. The molecule has 1 aliphatic rings. The van der Waals surface area contributed by atoms with Crippen molar-refractivity contribution in [3.8, 4) is 0 Å². The number of carboxylic acid groups (broad SMARTS) is 1. The van der Waals surface area contributed by atoms with Gasteiger partial charge in [0, 0.05) is 39.9 Å². The van der Waals surface area contributed by atoms with Gasteiger partial charge in [-0.05, 0) is 42.9 Å². The molecule has 29 heavy (non-hydrogen) atoms. The van der Waals surface area contributed by atoms with E-state index in [1.165, 1.54) is 5.56 Å². The molecule has 0 unspecified atom stereocenters. The van der Waals surface area contributed by atoms with Crippen LogP contribution in [0.15, 0.2) is 48.7 Å². The number of pyridine rings is 1. The molecule has 6 heteroatoms. The van der Waals surface area contributed by atoms with E-state index in [1.54, 1.807) is 0 Å². The average Bonchev–Trinajstić information content (AvgIpc) is 2.71. The zero-order valence-corrected chi connectivity index (χ0v) is 17.3. The highest BCUT2D eigenvalue weighted by molar-refractivity contribution is 5.76. The van der Waals surface area contributed by atoms with Gasteiger partial charge in [0.05, 0.1) is 6.10 Å². The fourth-order valence-corrected chi connectivity index (χ4v) is 4.15. The van der Waals surface area contributed by atoms with Crippen LogP contribution in [0.4, 0.5) is 5.82 Å². The molecule has 0 radical (unpaired) electrons. The lowest BCUT2D eigenvalue weighted by Gasteiger charge is -2.43. The number of piperidine rings is 1. The number of aryl methyl sites for hydroxylation is 1. The van der Waals surface area contributed by atoms with Crippen LogP contribution in [-0.2, 0) is 17.8 Å². The molecule has 1 saturated heterocycles. The van der Waals surface area contributed by atoms with E-state index >= 15 is 0 Å². The zero-order valence-electron chi connectivity index (χ0n) is 17.3. The van der Waals surface area contributed by atoms with Crippen LogP contribution < -0.4 is 4.90 Å². The largest absolute Gasteiger partial charge is 0.481 e. The normalized spacial score (nSPS) is 22.4. The number of likely N-dealkylation sites (tertiary alicyclic amines) is 1. The average molecular weight is 398 g/mol. The Labute approximate surface area is 172 Å². The molecule has 1 aromatic carbocycles. The van der Waals surface area contributed by atoms with Gasteiger partial charge < -0.3 is 15.1 Å². The summed E-state index contributed by atoms with van der Waals surface area (Å²) in [5.41, 5.74) is 1.13. The Balaban J connectivity index is 1.66. The summed E-state index contributed by atoms with van der Waals surface area (Å²) < 4.78 is 0. The van der Waals surface area contributed by atoms with Crippen LogP contribution >= 0.6 is 0 Å². The van der Waals surface area contributed by atoms with Crippen LogP contribution in [0.1, 0.15) is 30.4 Å². The summed E-state index contributed by atoms with van der Waals surface area (Å²) in [5, 5.41) is 20.7. The quantitative estimate of drug-likeness (QED) is 0.713. The summed E-state index contributed by atoms with van der Waals surface area (Å²) in [6, 6.07) is 14.1. The minimum Gasteiger partial charge on any atom is -0.481 e. The summed E-state index contributed by atoms with van der Waals surface area (Å²) in [5.74, 6) is -0.00699.